The Hall–Kier alpha value is -2.64. The summed E-state index contributed by atoms with van der Waals surface area (Å²) in [5, 5.41) is 11.1. The maximum atomic E-state index is 13.0. The van der Waals surface area contributed by atoms with Crippen LogP contribution in [0.3, 0.4) is 0 Å². The van der Waals surface area contributed by atoms with Crippen LogP contribution >= 0.6 is 15.9 Å². The first-order valence-corrected chi connectivity index (χ1v) is 11.5. The van der Waals surface area contributed by atoms with Crippen LogP contribution in [-0.2, 0) is 14.3 Å². The van der Waals surface area contributed by atoms with Gasteiger partial charge in [0.1, 0.15) is 11.5 Å². The Balaban J connectivity index is 1.99. The Morgan fingerprint density at radius 3 is 2.50 bits per heavy atom. The van der Waals surface area contributed by atoms with E-state index >= 15 is 0 Å². The fourth-order valence-electron chi connectivity index (χ4n) is 3.71. The first-order chi connectivity index (χ1) is 15.5. The first kappa shape index (κ1) is 24.0. The fourth-order valence-corrected chi connectivity index (χ4v) is 4.13. The highest BCUT2D eigenvalue weighted by atomic mass is 79.9. The van der Waals surface area contributed by atoms with Crippen molar-refractivity contribution in [1.29, 1.82) is 0 Å². The number of halogens is 1. The number of aliphatic hydroxyl groups is 1. The molecule has 1 aliphatic rings. The lowest BCUT2D eigenvalue weighted by Gasteiger charge is -2.25. The maximum Gasteiger partial charge on any atom is 0.295 e. The second-order valence-electron chi connectivity index (χ2n) is 7.62. The van der Waals surface area contributed by atoms with E-state index in [1.54, 1.807) is 31.4 Å². The van der Waals surface area contributed by atoms with Gasteiger partial charge in [-0.1, -0.05) is 41.4 Å². The Morgan fingerprint density at radius 2 is 1.84 bits per heavy atom. The molecule has 1 aliphatic heterocycles. The van der Waals surface area contributed by atoms with Crippen LogP contribution in [0.1, 0.15) is 43.4 Å². The summed E-state index contributed by atoms with van der Waals surface area (Å²) in [6.07, 6.45) is 2.58. The average Bonchev–Trinajstić information content (AvgIpc) is 3.04. The van der Waals surface area contributed by atoms with Crippen LogP contribution in [0.5, 0.6) is 5.75 Å². The molecule has 1 heterocycles. The molecule has 1 saturated heterocycles. The lowest BCUT2D eigenvalue weighted by molar-refractivity contribution is -0.140. The Morgan fingerprint density at radius 1 is 1.09 bits per heavy atom. The van der Waals surface area contributed by atoms with E-state index in [0.717, 1.165) is 22.9 Å². The first-order valence-electron chi connectivity index (χ1n) is 10.7. The zero-order chi connectivity index (χ0) is 23.1. The van der Waals surface area contributed by atoms with Gasteiger partial charge >= 0.3 is 0 Å². The van der Waals surface area contributed by atoms with Gasteiger partial charge in [0.15, 0.2) is 0 Å². The molecule has 170 valence electrons. The quantitative estimate of drug-likeness (QED) is 0.212. The van der Waals surface area contributed by atoms with Crippen molar-refractivity contribution < 1.29 is 24.2 Å². The number of likely N-dealkylation sites (tertiary alicyclic amines) is 1. The molecular formula is C25H28BrNO5. The minimum absolute atomic E-state index is 0.0881. The van der Waals surface area contributed by atoms with Crippen LogP contribution in [0.2, 0.25) is 0 Å². The second kappa shape index (κ2) is 11.3. The van der Waals surface area contributed by atoms with Crippen molar-refractivity contribution in [1.82, 2.24) is 4.90 Å². The molecule has 7 heteroatoms. The van der Waals surface area contributed by atoms with Gasteiger partial charge < -0.3 is 19.5 Å². The van der Waals surface area contributed by atoms with Crippen LogP contribution < -0.4 is 4.74 Å². The van der Waals surface area contributed by atoms with Gasteiger partial charge in [0, 0.05) is 30.3 Å². The van der Waals surface area contributed by atoms with Gasteiger partial charge in [-0.05, 0) is 54.8 Å². The van der Waals surface area contributed by atoms with E-state index in [1.165, 1.54) is 4.90 Å². The summed E-state index contributed by atoms with van der Waals surface area (Å²) in [5.41, 5.74) is 1.30. The highest BCUT2D eigenvalue weighted by Gasteiger charge is 2.45. The second-order valence-corrected chi connectivity index (χ2v) is 8.54. The smallest absolute Gasteiger partial charge is 0.295 e. The van der Waals surface area contributed by atoms with Crippen LogP contribution in [0, 0.1) is 0 Å². The largest absolute Gasteiger partial charge is 0.507 e. The highest BCUT2D eigenvalue weighted by Crippen LogP contribution is 2.40. The number of ether oxygens (including phenoxy) is 2. The van der Waals surface area contributed by atoms with E-state index < -0.39 is 17.7 Å². The zero-order valence-corrected chi connectivity index (χ0v) is 19.9. The van der Waals surface area contributed by atoms with Crippen molar-refractivity contribution >= 4 is 33.4 Å². The fraction of sp³-hybridized carbons (Fsp3) is 0.360. The van der Waals surface area contributed by atoms with Crippen LogP contribution in [0.4, 0.5) is 0 Å². The van der Waals surface area contributed by atoms with Gasteiger partial charge in [0.25, 0.3) is 11.7 Å². The van der Waals surface area contributed by atoms with E-state index in [2.05, 4.69) is 22.9 Å². The van der Waals surface area contributed by atoms with Crippen LogP contribution in [0.15, 0.2) is 58.6 Å². The molecular weight excluding hydrogens is 474 g/mol. The number of methoxy groups -OCH3 is 1. The van der Waals surface area contributed by atoms with E-state index in [4.69, 9.17) is 9.47 Å². The highest BCUT2D eigenvalue weighted by molar-refractivity contribution is 9.10. The van der Waals surface area contributed by atoms with E-state index in [0.29, 0.717) is 37.5 Å². The molecule has 1 amide bonds. The topological polar surface area (TPSA) is 76.1 Å². The third kappa shape index (κ3) is 5.40. The summed E-state index contributed by atoms with van der Waals surface area (Å²) in [6.45, 7) is 3.53. The van der Waals surface area contributed by atoms with Crippen molar-refractivity contribution in [2.24, 2.45) is 0 Å². The average molecular weight is 502 g/mol. The Labute approximate surface area is 197 Å². The predicted octanol–water partition coefficient (Wildman–Crippen LogP) is 5.09. The molecule has 3 rings (SSSR count). The van der Waals surface area contributed by atoms with Crippen LogP contribution in [0.25, 0.3) is 5.76 Å². The molecule has 32 heavy (non-hydrogen) atoms. The number of ketones is 1. The summed E-state index contributed by atoms with van der Waals surface area (Å²) in [4.78, 5) is 27.4. The number of aliphatic hydroxyl groups excluding tert-OH is 1. The van der Waals surface area contributed by atoms with Crippen molar-refractivity contribution in [2.75, 3.05) is 26.9 Å². The number of carbonyl (C=O) groups excluding carboxylic acids is 2. The number of hydrogen-bond donors (Lipinski definition) is 1. The summed E-state index contributed by atoms with van der Waals surface area (Å²) in [5.74, 6) is -0.804. The van der Waals surface area contributed by atoms with Gasteiger partial charge in [-0.25, -0.2) is 0 Å². The van der Waals surface area contributed by atoms with Gasteiger partial charge in [-0.15, -0.1) is 0 Å². The summed E-state index contributed by atoms with van der Waals surface area (Å²) in [7, 11) is 1.59. The van der Waals surface area contributed by atoms with Gasteiger partial charge in [0.2, 0.25) is 0 Å². The number of carbonyl (C=O) groups is 2. The molecule has 0 spiro atoms. The summed E-state index contributed by atoms with van der Waals surface area (Å²) >= 11 is 3.46. The number of nitrogens with zero attached hydrogens (tertiary/aromatic N) is 1. The molecule has 0 aromatic heterocycles. The molecule has 1 unspecified atom stereocenters. The molecule has 2 aromatic rings. The molecule has 6 nitrogen and oxygen atoms in total. The van der Waals surface area contributed by atoms with Gasteiger partial charge in [0.05, 0.1) is 18.2 Å². The number of amides is 1. The lowest BCUT2D eigenvalue weighted by Crippen LogP contribution is -2.31. The molecule has 1 N–H and O–H groups in total. The molecule has 0 radical (unpaired) electrons. The Kier molecular flexibility index (Phi) is 8.47. The normalized spacial score (nSPS) is 17.7. The zero-order valence-electron chi connectivity index (χ0n) is 18.3. The van der Waals surface area contributed by atoms with Crippen molar-refractivity contribution in [3.05, 3.63) is 69.7 Å². The molecule has 0 aliphatic carbocycles. The lowest BCUT2D eigenvalue weighted by atomic mass is 9.95. The third-order valence-corrected chi connectivity index (χ3v) is 5.84. The van der Waals surface area contributed by atoms with E-state index in [9.17, 15) is 14.7 Å². The third-order valence-electron chi connectivity index (χ3n) is 5.35. The van der Waals surface area contributed by atoms with Crippen molar-refractivity contribution in [3.8, 4) is 5.75 Å². The monoisotopic (exact) mass is 501 g/mol. The van der Waals surface area contributed by atoms with Crippen LogP contribution in [-0.4, -0.2) is 48.6 Å². The molecule has 0 saturated carbocycles. The van der Waals surface area contributed by atoms with Crippen molar-refractivity contribution in [2.45, 2.75) is 32.2 Å². The Bertz CT molecular complexity index is 986. The summed E-state index contributed by atoms with van der Waals surface area (Å²) in [6, 6.07) is 13.7. The number of rotatable bonds is 10. The van der Waals surface area contributed by atoms with E-state index in [-0.39, 0.29) is 11.3 Å². The van der Waals surface area contributed by atoms with Gasteiger partial charge in [-0.3, -0.25) is 9.59 Å². The minimum atomic E-state index is -0.687. The number of benzene rings is 2. The molecule has 1 fully saturated rings. The SMILES string of the molecule is CCCCOc1ccc(/C(O)=C2\C(=O)C(=O)N(CCCOC)C2c2cccc(Br)c2)cc1. The van der Waals surface area contributed by atoms with Crippen molar-refractivity contribution in [3.63, 3.8) is 0 Å². The molecule has 0 bridgehead atoms. The standard InChI is InChI=1S/C25H28BrNO5/c1-3-4-15-32-20-11-9-17(10-12-20)23(28)21-22(18-7-5-8-19(26)16-18)27(13-6-14-31-2)25(30)24(21)29/h5,7-12,16,22,28H,3-4,6,13-15H2,1-2H3/b23-21+. The van der Waals surface area contributed by atoms with E-state index in [1.807, 2.05) is 24.3 Å². The number of unbranched alkanes of at least 4 members (excludes halogenated alkanes) is 1. The minimum Gasteiger partial charge on any atom is -0.507 e. The summed E-state index contributed by atoms with van der Waals surface area (Å²) < 4.78 is 11.6. The maximum absolute atomic E-state index is 13.0. The number of Topliss-reactive ketones (excluding diaryl/α,β-unsaturated/α-hetero) is 1. The molecule has 2 aromatic carbocycles. The number of hydrogen-bond acceptors (Lipinski definition) is 5. The predicted molar refractivity (Wildman–Crippen MR) is 126 cm³/mol. The van der Waals surface area contributed by atoms with Gasteiger partial charge in [-0.2, -0.15) is 0 Å². The molecule has 1 atom stereocenters.